The van der Waals surface area contributed by atoms with E-state index in [1.54, 1.807) is 6.07 Å². The van der Waals surface area contributed by atoms with Crippen LogP contribution in [0, 0.1) is 5.82 Å². The molecule has 0 saturated heterocycles. The Hall–Kier alpha value is -0.890. The summed E-state index contributed by atoms with van der Waals surface area (Å²) in [5, 5.41) is 3.39. The summed E-state index contributed by atoms with van der Waals surface area (Å²) in [5.41, 5.74) is 1.15. The van der Waals surface area contributed by atoms with Crippen molar-refractivity contribution in [2.75, 3.05) is 7.05 Å². The standard InChI is InChI=1S/C14H20FN/c1-16-14-9-4-2-3-8-13(14)11-6-5-7-12(15)10-11/h5-7,10,13-14,16H,2-4,8-9H2,1H3. The maximum atomic E-state index is 13.2. The number of likely N-dealkylation sites (N-methyl/N-ethyl adjacent to an activating group) is 1. The first-order valence-corrected chi connectivity index (χ1v) is 6.24. The van der Waals surface area contributed by atoms with Gasteiger partial charge < -0.3 is 5.32 Å². The second-order valence-electron chi connectivity index (χ2n) is 4.69. The van der Waals surface area contributed by atoms with Gasteiger partial charge in [0, 0.05) is 6.04 Å². The van der Waals surface area contributed by atoms with E-state index >= 15 is 0 Å². The number of hydrogen-bond acceptors (Lipinski definition) is 1. The average Bonchev–Trinajstić information content (AvgIpc) is 2.53. The Balaban J connectivity index is 2.21. The molecule has 1 N–H and O–H groups in total. The molecule has 0 spiro atoms. The largest absolute Gasteiger partial charge is 0.316 e. The topological polar surface area (TPSA) is 12.0 Å². The summed E-state index contributed by atoms with van der Waals surface area (Å²) in [6, 6.07) is 7.60. The molecule has 1 aromatic rings. The van der Waals surface area contributed by atoms with E-state index in [0.29, 0.717) is 12.0 Å². The predicted octanol–water partition coefficient (Wildman–Crippen LogP) is 3.46. The van der Waals surface area contributed by atoms with Crippen molar-refractivity contribution in [3.8, 4) is 0 Å². The molecule has 0 amide bonds. The van der Waals surface area contributed by atoms with Gasteiger partial charge >= 0.3 is 0 Å². The fourth-order valence-corrected chi connectivity index (χ4v) is 2.79. The fourth-order valence-electron chi connectivity index (χ4n) is 2.79. The molecule has 88 valence electrons. The molecule has 0 bridgehead atoms. The van der Waals surface area contributed by atoms with Crippen LogP contribution in [-0.2, 0) is 0 Å². The summed E-state index contributed by atoms with van der Waals surface area (Å²) in [6.07, 6.45) is 6.24. The highest BCUT2D eigenvalue weighted by atomic mass is 19.1. The van der Waals surface area contributed by atoms with Gasteiger partial charge in [0.25, 0.3) is 0 Å². The Labute approximate surface area is 97.1 Å². The molecule has 0 aliphatic heterocycles. The minimum absolute atomic E-state index is 0.114. The molecule has 2 heteroatoms. The molecule has 0 radical (unpaired) electrons. The number of rotatable bonds is 2. The lowest BCUT2D eigenvalue weighted by Gasteiger charge is -2.25. The number of benzene rings is 1. The highest BCUT2D eigenvalue weighted by Gasteiger charge is 2.23. The zero-order valence-electron chi connectivity index (χ0n) is 9.88. The minimum atomic E-state index is -0.114. The third-order valence-electron chi connectivity index (χ3n) is 3.66. The Morgan fingerprint density at radius 3 is 2.75 bits per heavy atom. The highest BCUT2D eigenvalue weighted by Crippen LogP contribution is 2.32. The van der Waals surface area contributed by atoms with Crippen molar-refractivity contribution < 1.29 is 4.39 Å². The van der Waals surface area contributed by atoms with Gasteiger partial charge in [0.2, 0.25) is 0 Å². The van der Waals surface area contributed by atoms with E-state index in [1.807, 2.05) is 13.1 Å². The Morgan fingerprint density at radius 2 is 2.00 bits per heavy atom. The van der Waals surface area contributed by atoms with Crippen molar-refractivity contribution in [3.05, 3.63) is 35.6 Å². The molecule has 16 heavy (non-hydrogen) atoms. The van der Waals surface area contributed by atoms with Gasteiger partial charge in [0.1, 0.15) is 5.82 Å². The molecule has 1 nitrogen and oxygen atoms in total. The molecule has 1 aliphatic carbocycles. The van der Waals surface area contributed by atoms with Gasteiger partial charge in [0.15, 0.2) is 0 Å². The molecule has 1 fully saturated rings. The zero-order valence-corrected chi connectivity index (χ0v) is 9.88. The van der Waals surface area contributed by atoms with Gasteiger partial charge in [0.05, 0.1) is 0 Å². The van der Waals surface area contributed by atoms with Crippen molar-refractivity contribution in [3.63, 3.8) is 0 Å². The fraction of sp³-hybridized carbons (Fsp3) is 0.571. The van der Waals surface area contributed by atoms with Gasteiger partial charge in [-0.1, -0.05) is 31.4 Å². The van der Waals surface area contributed by atoms with E-state index in [1.165, 1.54) is 38.2 Å². The highest BCUT2D eigenvalue weighted by molar-refractivity contribution is 5.22. The SMILES string of the molecule is CNC1CCCCCC1c1cccc(F)c1. The first-order valence-electron chi connectivity index (χ1n) is 6.24. The minimum Gasteiger partial charge on any atom is -0.316 e. The predicted molar refractivity (Wildman–Crippen MR) is 65.1 cm³/mol. The Kier molecular flexibility index (Phi) is 3.94. The van der Waals surface area contributed by atoms with E-state index in [0.717, 1.165) is 5.56 Å². The van der Waals surface area contributed by atoms with Crippen LogP contribution < -0.4 is 5.32 Å². The maximum absolute atomic E-state index is 13.2. The maximum Gasteiger partial charge on any atom is 0.123 e. The van der Waals surface area contributed by atoms with E-state index in [2.05, 4.69) is 11.4 Å². The van der Waals surface area contributed by atoms with Crippen molar-refractivity contribution in [1.29, 1.82) is 0 Å². The molecule has 2 atom stereocenters. The molecule has 1 aliphatic rings. The lowest BCUT2D eigenvalue weighted by molar-refractivity contribution is 0.438. The van der Waals surface area contributed by atoms with Gasteiger partial charge in [-0.3, -0.25) is 0 Å². The van der Waals surface area contributed by atoms with Crippen molar-refractivity contribution in [2.24, 2.45) is 0 Å². The van der Waals surface area contributed by atoms with Crippen LogP contribution in [0.15, 0.2) is 24.3 Å². The van der Waals surface area contributed by atoms with Gasteiger partial charge in [-0.25, -0.2) is 4.39 Å². The van der Waals surface area contributed by atoms with Crippen molar-refractivity contribution >= 4 is 0 Å². The molecule has 2 unspecified atom stereocenters. The van der Waals surface area contributed by atoms with Gasteiger partial charge in [-0.2, -0.15) is 0 Å². The third-order valence-corrected chi connectivity index (χ3v) is 3.66. The van der Waals surface area contributed by atoms with Crippen molar-refractivity contribution in [2.45, 2.75) is 44.1 Å². The molecule has 1 aromatic carbocycles. The molecular weight excluding hydrogens is 201 g/mol. The third kappa shape index (κ3) is 2.62. The summed E-state index contributed by atoms with van der Waals surface area (Å²) in [5.74, 6) is 0.361. The summed E-state index contributed by atoms with van der Waals surface area (Å²) in [6.45, 7) is 0. The second-order valence-corrected chi connectivity index (χ2v) is 4.69. The lowest BCUT2D eigenvalue weighted by atomic mass is 9.87. The monoisotopic (exact) mass is 221 g/mol. The number of nitrogens with one attached hydrogen (secondary N) is 1. The van der Waals surface area contributed by atoms with Crippen LogP contribution in [0.2, 0.25) is 0 Å². The van der Waals surface area contributed by atoms with E-state index in [9.17, 15) is 4.39 Å². The van der Waals surface area contributed by atoms with E-state index in [4.69, 9.17) is 0 Å². The van der Waals surface area contributed by atoms with Gasteiger partial charge in [-0.15, -0.1) is 0 Å². The first kappa shape index (κ1) is 11.6. The van der Waals surface area contributed by atoms with Crippen LogP contribution >= 0.6 is 0 Å². The first-order chi connectivity index (χ1) is 7.81. The summed E-state index contributed by atoms with van der Waals surface area (Å²) in [7, 11) is 2.02. The van der Waals surface area contributed by atoms with Crippen LogP contribution in [0.25, 0.3) is 0 Å². The zero-order chi connectivity index (χ0) is 11.4. The van der Waals surface area contributed by atoms with Crippen LogP contribution in [0.1, 0.15) is 43.6 Å². The molecule has 0 heterocycles. The molecule has 0 aromatic heterocycles. The van der Waals surface area contributed by atoms with Crippen LogP contribution in [0.4, 0.5) is 4.39 Å². The average molecular weight is 221 g/mol. The van der Waals surface area contributed by atoms with Crippen LogP contribution in [0.5, 0.6) is 0 Å². The molecular formula is C14H20FN. The van der Waals surface area contributed by atoms with Crippen LogP contribution in [0.3, 0.4) is 0 Å². The summed E-state index contributed by atoms with van der Waals surface area (Å²) < 4.78 is 13.2. The number of hydrogen-bond donors (Lipinski definition) is 1. The van der Waals surface area contributed by atoms with Crippen LogP contribution in [-0.4, -0.2) is 13.1 Å². The molecule has 1 saturated carbocycles. The quantitative estimate of drug-likeness (QED) is 0.754. The summed E-state index contributed by atoms with van der Waals surface area (Å²) >= 11 is 0. The summed E-state index contributed by atoms with van der Waals surface area (Å²) in [4.78, 5) is 0. The second kappa shape index (κ2) is 5.44. The Bertz CT molecular complexity index is 337. The lowest BCUT2D eigenvalue weighted by Crippen LogP contribution is -2.31. The van der Waals surface area contributed by atoms with E-state index in [-0.39, 0.29) is 5.82 Å². The van der Waals surface area contributed by atoms with Crippen molar-refractivity contribution in [1.82, 2.24) is 5.32 Å². The number of halogens is 1. The smallest absolute Gasteiger partial charge is 0.123 e. The van der Waals surface area contributed by atoms with Gasteiger partial charge in [-0.05, 0) is 43.5 Å². The Morgan fingerprint density at radius 1 is 1.19 bits per heavy atom. The normalized spacial score (nSPS) is 26.4. The molecule has 2 rings (SSSR count). The van der Waals surface area contributed by atoms with E-state index < -0.39 is 0 Å².